The highest BCUT2D eigenvalue weighted by Crippen LogP contribution is 2.29. The fourth-order valence-electron chi connectivity index (χ4n) is 2.67. The second-order valence-corrected chi connectivity index (χ2v) is 5.18. The molecule has 22 heavy (non-hydrogen) atoms. The Hall–Kier alpha value is -1.92. The quantitative estimate of drug-likeness (QED) is 0.906. The molecule has 2 heterocycles. The zero-order chi connectivity index (χ0) is 14.8. The lowest BCUT2D eigenvalue weighted by molar-refractivity contribution is -0.137. The number of carboxylic acids is 1. The summed E-state index contributed by atoms with van der Waals surface area (Å²) < 4.78 is 13.9. The molecular formula is C15H17ClFN3O2. The van der Waals surface area contributed by atoms with Crippen molar-refractivity contribution in [2.45, 2.75) is 19.4 Å². The van der Waals surface area contributed by atoms with E-state index >= 15 is 0 Å². The molecule has 2 N–H and O–H groups in total. The van der Waals surface area contributed by atoms with Crippen molar-refractivity contribution in [3.63, 3.8) is 0 Å². The normalized spacial score (nSPS) is 14.2. The Morgan fingerprint density at radius 3 is 2.91 bits per heavy atom. The topological polar surface area (TPSA) is 69.2 Å². The molecule has 0 unspecified atom stereocenters. The monoisotopic (exact) mass is 325 g/mol. The number of H-pyrrole nitrogens is 1. The lowest BCUT2D eigenvalue weighted by Gasteiger charge is -2.26. The average molecular weight is 326 g/mol. The molecule has 118 valence electrons. The first-order valence-electron chi connectivity index (χ1n) is 6.90. The van der Waals surface area contributed by atoms with Crippen LogP contribution >= 0.6 is 12.4 Å². The molecule has 1 aromatic heterocycles. The maximum Gasteiger partial charge on any atom is 0.304 e. The molecule has 0 fully saturated rings. The minimum absolute atomic E-state index is 0. The van der Waals surface area contributed by atoms with E-state index in [2.05, 4.69) is 15.1 Å². The highest BCUT2D eigenvalue weighted by atomic mass is 35.5. The first-order chi connectivity index (χ1) is 10.1. The van der Waals surface area contributed by atoms with Crippen molar-refractivity contribution in [3.05, 3.63) is 41.3 Å². The minimum atomic E-state index is -0.803. The second kappa shape index (κ2) is 6.89. The van der Waals surface area contributed by atoms with Crippen LogP contribution in [0.2, 0.25) is 0 Å². The van der Waals surface area contributed by atoms with Crippen LogP contribution in [0, 0.1) is 5.82 Å². The lowest BCUT2D eigenvalue weighted by Crippen LogP contribution is -2.32. The maximum atomic E-state index is 13.9. The number of fused-ring (bicyclic) bond motifs is 1. The van der Waals surface area contributed by atoms with Gasteiger partial charge in [-0.3, -0.25) is 14.8 Å². The van der Waals surface area contributed by atoms with Crippen molar-refractivity contribution in [2.24, 2.45) is 0 Å². The average Bonchev–Trinajstić information content (AvgIpc) is 2.88. The van der Waals surface area contributed by atoms with Gasteiger partial charge in [0.25, 0.3) is 0 Å². The van der Waals surface area contributed by atoms with Gasteiger partial charge in [-0.25, -0.2) is 4.39 Å². The van der Waals surface area contributed by atoms with E-state index in [1.807, 2.05) is 0 Å². The van der Waals surface area contributed by atoms with Crippen LogP contribution in [0.15, 0.2) is 24.3 Å². The lowest BCUT2D eigenvalue weighted by atomic mass is 10.0. The molecule has 1 aliphatic heterocycles. The largest absolute Gasteiger partial charge is 0.481 e. The molecule has 0 atom stereocenters. The number of benzene rings is 1. The summed E-state index contributed by atoms with van der Waals surface area (Å²) in [5.74, 6) is -1.10. The number of aromatic nitrogens is 2. The van der Waals surface area contributed by atoms with Crippen LogP contribution in [-0.4, -0.2) is 39.3 Å². The number of hydrogen-bond acceptors (Lipinski definition) is 3. The van der Waals surface area contributed by atoms with Gasteiger partial charge in [-0.15, -0.1) is 12.4 Å². The molecule has 0 saturated heterocycles. The van der Waals surface area contributed by atoms with Crippen molar-refractivity contribution in [1.29, 1.82) is 0 Å². The number of hydrogen-bond donors (Lipinski definition) is 2. The van der Waals surface area contributed by atoms with E-state index in [0.29, 0.717) is 24.3 Å². The molecule has 0 saturated carbocycles. The number of rotatable bonds is 4. The molecule has 1 aliphatic rings. The van der Waals surface area contributed by atoms with Crippen molar-refractivity contribution in [2.75, 3.05) is 13.1 Å². The summed E-state index contributed by atoms with van der Waals surface area (Å²) in [5.41, 5.74) is 3.09. The number of carboxylic acid groups (broad SMARTS) is 1. The third-order valence-corrected chi connectivity index (χ3v) is 3.78. The van der Waals surface area contributed by atoms with Gasteiger partial charge in [0.2, 0.25) is 0 Å². The Balaban J connectivity index is 0.00000176. The third kappa shape index (κ3) is 3.28. The summed E-state index contributed by atoms with van der Waals surface area (Å²) in [5, 5.41) is 16.0. The fraction of sp³-hybridized carbons (Fsp3) is 0.333. The molecule has 7 heteroatoms. The first kappa shape index (κ1) is 16.5. The van der Waals surface area contributed by atoms with Crippen molar-refractivity contribution in [3.8, 4) is 11.3 Å². The van der Waals surface area contributed by atoms with Crippen LogP contribution in [-0.2, 0) is 17.8 Å². The Morgan fingerprint density at radius 1 is 1.41 bits per heavy atom. The van der Waals surface area contributed by atoms with Gasteiger partial charge in [0.05, 0.1) is 12.1 Å². The Morgan fingerprint density at radius 2 is 2.18 bits per heavy atom. The summed E-state index contributed by atoms with van der Waals surface area (Å²) in [7, 11) is 0. The highest BCUT2D eigenvalue weighted by Gasteiger charge is 2.24. The van der Waals surface area contributed by atoms with Crippen LogP contribution in [0.1, 0.15) is 17.7 Å². The summed E-state index contributed by atoms with van der Waals surface area (Å²) in [6, 6.07) is 6.56. The van der Waals surface area contributed by atoms with Gasteiger partial charge in [0, 0.05) is 42.9 Å². The number of nitrogens with one attached hydrogen (secondary N) is 1. The minimum Gasteiger partial charge on any atom is -0.481 e. The van der Waals surface area contributed by atoms with E-state index in [4.69, 9.17) is 5.11 Å². The van der Waals surface area contributed by atoms with E-state index in [0.717, 1.165) is 24.2 Å². The van der Waals surface area contributed by atoms with E-state index in [1.54, 1.807) is 18.2 Å². The Bertz CT molecular complexity index is 675. The predicted molar refractivity (Wildman–Crippen MR) is 82.5 cm³/mol. The van der Waals surface area contributed by atoms with Crippen molar-refractivity contribution >= 4 is 18.4 Å². The molecule has 5 nitrogen and oxygen atoms in total. The third-order valence-electron chi connectivity index (χ3n) is 3.78. The molecule has 1 aromatic carbocycles. The highest BCUT2D eigenvalue weighted by molar-refractivity contribution is 5.85. The van der Waals surface area contributed by atoms with Gasteiger partial charge in [0.1, 0.15) is 5.82 Å². The van der Waals surface area contributed by atoms with E-state index in [9.17, 15) is 9.18 Å². The predicted octanol–water partition coefficient (Wildman–Crippen LogP) is 2.47. The SMILES string of the molecule is Cl.O=C(O)CCN1CCc2[nH]nc(-c3ccccc3F)c2C1. The molecule has 3 rings (SSSR count). The number of halogens is 2. The molecule has 0 amide bonds. The van der Waals surface area contributed by atoms with Gasteiger partial charge in [0.15, 0.2) is 0 Å². The molecule has 0 bridgehead atoms. The molecule has 2 aromatic rings. The van der Waals surface area contributed by atoms with Crippen LogP contribution in [0.4, 0.5) is 4.39 Å². The van der Waals surface area contributed by atoms with Crippen LogP contribution < -0.4 is 0 Å². The second-order valence-electron chi connectivity index (χ2n) is 5.18. The zero-order valence-corrected chi connectivity index (χ0v) is 12.7. The van der Waals surface area contributed by atoms with Crippen LogP contribution in [0.3, 0.4) is 0 Å². The molecular weight excluding hydrogens is 309 g/mol. The Labute approximate surface area is 133 Å². The van der Waals surface area contributed by atoms with Gasteiger partial charge < -0.3 is 5.11 Å². The van der Waals surface area contributed by atoms with E-state index in [1.165, 1.54) is 6.07 Å². The number of carbonyl (C=O) groups is 1. The summed E-state index contributed by atoms with van der Waals surface area (Å²) in [6.45, 7) is 1.89. The van der Waals surface area contributed by atoms with E-state index in [-0.39, 0.29) is 24.6 Å². The van der Waals surface area contributed by atoms with Gasteiger partial charge in [-0.2, -0.15) is 5.10 Å². The first-order valence-corrected chi connectivity index (χ1v) is 6.90. The molecule has 0 radical (unpaired) electrons. The summed E-state index contributed by atoms with van der Waals surface area (Å²) in [6.07, 6.45) is 0.888. The fourth-order valence-corrected chi connectivity index (χ4v) is 2.67. The van der Waals surface area contributed by atoms with E-state index < -0.39 is 5.97 Å². The van der Waals surface area contributed by atoms with Crippen LogP contribution in [0.5, 0.6) is 0 Å². The maximum absolute atomic E-state index is 13.9. The van der Waals surface area contributed by atoms with Gasteiger partial charge in [-0.1, -0.05) is 12.1 Å². The zero-order valence-electron chi connectivity index (χ0n) is 11.9. The number of nitrogens with zero attached hydrogens (tertiary/aromatic N) is 2. The summed E-state index contributed by atoms with van der Waals surface area (Å²) in [4.78, 5) is 12.7. The van der Waals surface area contributed by atoms with Crippen molar-refractivity contribution in [1.82, 2.24) is 15.1 Å². The van der Waals surface area contributed by atoms with Gasteiger partial charge in [-0.05, 0) is 12.1 Å². The Kier molecular flexibility index (Phi) is 5.15. The standard InChI is InChI=1S/C15H16FN3O2.ClH/c16-12-4-2-1-3-10(12)15-11-9-19(8-6-14(20)21)7-5-13(11)17-18-15;/h1-4H,5-9H2,(H,17,18)(H,20,21);1H. The molecule has 0 spiro atoms. The molecule has 0 aliphatic carbocycles. The number of aromatic amines is 1. The van der Waals surface area contributed by atoms with Gasteiger partial charge >= 0.3 is 5.97 Å². The summed E-state index contributed by atoms with van der Waals surface area (Å²) >= 11 is 0. The van der Waals surface area contributed by atoms with Crippen molar-refractivity contribution < 1.29 is 14.3 Å². The smallest absolute Gasteiger partial charge is 0.304 e. The number of aliphatic carboxylic acids is 1. The van der Waals surface area contributed by atoms with Crippen LogP contribution in [0.25, 0.3) is 11.3 Å².